The molecule has 1 aliphatic carbocycles. The summed E-state index contributed by atoms with van der Waals surface area (Å²) in [7, 11) is 0. The summed E-state index contributed by atoms with van der Waals surface area (Å²) in [5, 5.41) is 3.45. The summed E-state index contributed by atoms with van der Waals surface area (Å²) < 4.78 is 6.27. The molecular formula is C14H27NO. The molecule has 1 N–H and O–H groups in total. The Labute approximate surface area is 100 Å². The van der Waals surface area contributed by atoms with Crippen LogP contribution in [0, 0.1) is 11.8 Å². The van der Waals surface area contributed by atoms with Crippen molar-refractivity contribution in [3.8, 4) is 0 Å². The molecule has 2 heteroatoms. The molecule has 1 heterocycles. The largest absolute Gasteiger partial charge is 0.373 e. The minimum absolute atomic E-state index is 0.469. The summed E-state index contributed by atoms with van der Waals surface area (Å²) in [6, 6.07) is 0. The second kappa shape index (κ2) is 6.02. The second-order valence-electron chi connectivity index (χ2n) is 5.70. The van der Waals surface area contributed by atoms with E-state index in [4.69, 9.17) is 4.74 Å². The van der Waals surface area contributed by atoms with Gasteiger partial charge in [-0.15, -0.1) is 0 Å². The Morgan fingerprint density at radius 3 is 2.50 bits per heavy atom. The van der Waals surface area contributed by atoms with Crippen LogP contribution in [0.2, 0.25) is 0 Å². The summed E-state index contributed by atoms with van der Waals surface area (Å²) in [5.41, 5.74) is 0. The van der Waals surface area contributed by atoms with Gasteiger partial charge in [-0.1, -0.05) is 20.3 Å². The van der Waals surface area contributed by atoms with Crippen molar-refractivity contribution in [2.45, 2.75) is 64.6 Å². The summed E-state index contributed by atoms with van der Waals surface area (Å²) in [4.78, 5) is 0. The minimum atomic E-state index is 0.469. The van der Waals surface area contributed by atoms with Crippen LogP contribution in [0.5, 0.6) is 0 Å². The second-order valence-corrected chi connectivity index (χ2v) is 5.70. The molecule has 0 amide bonds. The SMILES string of the molecule is CCC1CCC(OC2CNCCC2C)CC1. The van der Waals surface area contributed by atoms with E-state index < -0.39 is 0 Å². The van der Waals surface area contributed by atoms with Gasteiger partial charge in [0.15, 0.2) is 0 Å². The zero-order valence-electron chi connectivity index (χ0n) is 10.9. The van der Waals surface area contributed by atoms with Crippen LogP contribution in [-0.2, 0) is 4.74 Å². The summed E-state index contributed by atoms with van der Waals surface area (Å²) >= 11 is 0. The number of nitrogens with one attached hydrogen (secondary N) is 1. The van der Waals surface area contributed by atoms with Gasteiger partial charge in [-0.05, 0) is 50.5 Å². The molecule has 2 nitrogen and oxygen atoms in total. The van der Waals surface area contributed by atoms with Gasteiger partial charge in [-0.3, -0.25) is 0 Å². The first kappa shape index (κ1) is 12.4. The van der Waals surface area contributed by atoms with Gasteiger partial charge in [0, 0.05) is 6.54 Å². The van der Waals surface area contributed by atoms with E-state index in [9.17, 15) is 0 Å². The van der Waals surface area contributed by atoms with Gasteiger partial charge in [0.25, 0.3) is 0 Å². The highest BCUT2D eigenvalue weighted by atomic mass is 16.5. The molecule has 0 bridgehead atoms. The standard InChI is InChI=1S/C14H27NO/c1-3-12-4-6-13(7-5-12)16-14-10-15-9-8-11(14)2/h11-15H,3-10H2,1-2H3. The number of piperidine rings is 1. The van der Waals surface area contributed by atoms with Crippen LogP contribution >= 0.6 is 0 Å². The average molecular weight is 225 g/mol. The predicted molar refractivity (Wildman–Crippen MR) is 67.6 cm³/mol. The van der Waals surface area contributed by atoms with Gasteiger partial charge in [0.2, 0.25) is 0 Å². The molecule has 16 heavy (non-hydrogen) atoms. The van der Waals surface area contributed by atoms with Crippen molar-refractivity contribution in [3.05, 3.63) is 0 Å². The van der Waals surface area contributed by atoms with Crippen LogP contribution in [-0.4, -0.2) is 25.3 Å². The van der Waals surface area contributed by atoms with Crippen molar-refractivity contribution in [1.29, 1.82) is 0 Å². The van der Waals surface area contributed by atoms with E-state index in [2.05, 4.69) is 19.2 Å². The summed E-state index contributed by atoms with van der Waals surface area (Å²) in [6.07, 6.45) is 9.00. The van der Waals surface area contributed by atoms with Crippen LogP contribution in [0.4, 0.5) is 0 Å². The Morgan fingerprint density at radius 1 is 1.12 bits per heavy atom. The van der Waals surface area contributed by atoms with Crippen molar-refractivity contribution in [3.63, 3.8) is 0 Å². The van der Waals surface area contributed by atoms with E-state index in [-0.39, 0.29) is 0 Å². The Balaban J connectivity index is 1.73. The van der Waals surface area contributed by atoms with Crippen molar-refractivity contribution in [2.75, 3.05) is 13.1 Å². The van der Waals surface area contributed by atoms with E-state index >= 15 is 0 Å². The number of hydrogen-bond acceptors (Lipinski definition) is 2. The fraction of sp³-hybridized carbons (Fsp3) is 1.00. The maximum Gasteiger partial charge on any atom is 0.0729 e. The summed E-state index contributed by atoms with van der Waals surface area (Å²) in [5.74, 6) is 1.71. The van der Waals surface area contributed by atoms with Crippen LogP contribution in [0.15, 0.2) is 0 Å². The third-order valence-corrected chi connectivity index (χ3v) is 4.50. The monoisotopic (exact) mass is 225 g/mol. The predicted octanol–water partition coefficient (Wildman–Crippen LogP) is 2.97. The molecule has 0 radical (unpaired) electrons. The molecule has 0 aromatic carbocycles. The number of hydrogen-bond donors (Lipinski definition) is 1. The normalized spacial score (nSPS) is 40.9. The molecule has 2 aliphatic rings. The molecule has 2 rings (SSSR count). The van der Waals surface area contributed by atoms with Crippen LogP contribution in [0.25, 0.3) is 0 Å². The molecule has 0 aromatic rings. The van der Waals surface area contributed by atoms with Crippen molar-refractivity contribution >= 4 is 0 Å². The van der Waals surface area contributed by atoms with E-state index in [0.717, 1.165) is 18.4 Å². The highest BCUT2D eigenvalue weighted by Gasteiger charge is 2.27. The molecule has 2 atom stereocenters. The fourth-order valence-corrected chi connectivity index (χ4v) is 3.07. The maximum absolute atomic E-state index is 6.27. The van der Waals surface area contributed by atoms with E-state index in [1.807, 2.05) is 0 Å². The molecule has 1 saturated carbocycles. The quantitative estimate of drug-likeness (QED) is 0.797. The van der Waals surface area contributed by atoms with Crippen LogP contribution in [0.3, 0.4) is 0 Å². The smallest absolute Gasteiger partial charge is 0.0729 e. The highest BCUT2D eigenvalue weighted by molar-refractivity contribution is 4.79. The topological polar surface area (TPSA) is 21.3 Å². The van der Waals surface area contributed by atoms with Gasteiger partial charge in [-0.25, -0.2) is 0 Å². The third kappa shape index (κ3) is 3.21. The molecule has 2 unspecified atom stereocenters. The van der Waals surface area contributed by atoms with E-state index in [0.29, 0.717) is 12.2 Å². The lowest BCUT2D eigenvalue weighted by atomic mass is 9.85. The minimum Gasteiger partial charge on any atom is -0.373 e. The Morgan fingerprint density at radius 2 is 1.88 bits per heavy atom. The van der Waals surface area contributed by atoms with E-state index in [1.54, 1.807) is 0 Å². The van der Waals surface area contributed by atoms with Crippen molar-refractivity contribution < 1.29 is 4.74 Å². The van der Waals surface area contributed by atoms with Gasteiger partial charge in [0.1, 0.15) is 0 Å². The van der Waals surface area contributed by atoms with Gasteiger partial charge in [-0.2, -0.15) is 0 Å². The molecular weight excluding hydrogens is 198 g/mol. The average Bonchev–Trinajstić information content (AvgIpc) is 2.33. The first-order valence-corrected chi connectivity index (χ1v) is 7.15. The zero-order chi connectivity index (χ0) is 11.4. The highest BCUT2D eigenvalue weighted by Crippen LogP contribution is 2.30. The molecule has 1 aliphatic heterocycles. The van der Waals surface area contributed by atoms with Crippen LogP contribution < -0.4 is 5.32 Å². The zero-order valence-corrected chi connectivity index (χ0v) is 10.9. The van der Waals surface area contributed by atoms with Crippen molar-refractivity contribution in [2.24, 2.45) is 11.8 Å². The molecule has 0 spiro atoms. The first-order valence-electron chi connectivity index (χ1n) is 7.15. The Hall–Kier alpha value is -0.0800. The van der Waals surface area contributed by atoms with Crippen LogP contribution in [0.1, 0.15) is 52.4 Å². The van der Waals surface area contributed by atoms with Gasteiger partial charge < -0.3 is 10.1 Å². The molecule has 1 saturated heterocycles. The molecule has 94 valence electrons. The Kier molecular flexibility index (Phi) is 4.66. The maximum atomic E-state index is 6.27. The third-order valence-electron chi connectivity index (χ3n) is 4.50. The molecule has 0 aromatic heterocycles. The molecule has 2 fully saturated rings. The number of rotatable bonds is 3. The lowest BCUT2D eigenvalue weighted by Gasteiger charge is -2.35. The van der Waals surface area contributed by atoms with Crippen molar-refractivity contribution in [1.82, 2.24) is 5.32 Å². The summed E-state index contributed by atoms with van der Waals surface area (Å²) in [6.45, 7) is 6.89. The van der Waals surface area contributed by atoms with Gasteiger partial charge >= 0.3 is 0 Å². The lowest BCUT2D eigenvalue weighted by molar-refractivity contribution is -0.0666. The van der Waals surface area contributed by atoms with Gasteiger partial charge in [0.05, 0.1) is 12.2 Å². The first-order chi connectivity index (χ1) is 7.79. The Bertz CT molecular complexity index is 199. The lowest BCUT2D eigenvalue weighted by Crippen LogP contribution is -2.43. The number of ether oxygens (including phenoxy) is 1. The fourth-order valence-electron chi connectivity index (χ4n) is 3.07. The van der Waals surface area contributed by atoms with E-state index in [1.165, 1.54) is 45.1 Å².